The van der Waals surface area contributed by atoms with E-state index in [4.69, 9.17) is 0 Å². The molecule has 0 saturated carbocycles. The SMILES string of the molecule is [CH3][Zr]1([CH3])[CH]2C(c3ccccc3)=Cc3c(ccc(Br)c32)P(c2ccccc2)c2ccc(Br)c3c2C=C(c2ccccc2)[CH]31. The molecule has 2 unspecified atom stereocenters. The fourth-order valence-corrected chi connectivity index (χ4v) is 23.7. The van der Waals surface area contributed by atoms with Crippen molar-refractivity contribution >= 4 is 79.0 Å². The minimum absolute atomic E-state index is 0.412. The third-order valence-electron chi connectivity index (χ3n) is 9.42. The molecule has 0 saturated heterocycles. The molecule has 8 bridgehead atoms. The Kier molecular flexibility index (Phi) is 6.84. The van der Waals surface area contributed by atoms with Crippen LogP contribution < -0.4 is 15.9 Å². The van der Waals surface area contributed by atoms with Crippen LogP contribution in [0.5, 0.6) is 0 Å². The monoisotopic (exact) mass is 764 g/mol. The Labute approximate surface area is 271 Å². The molecular formula is C38H29Br2PZr. The number of rotatable bonds is 3. The van der Waals surface area contributed by atoms with Gasteiger partial charge in [0, 0.05) is 0 Å². The summed E-state index contributed by atoms with van der Waals surface area (Å²) in [4.78, 5) is 0. The van der Waals surface area contributed by atoms with Crippen LogP contribution in [0.15, 0.2) is 124 Å². The number of allylic oxidation sites excluding steroid dienone is 2. The maximum atomic E-state index is 4.12. The quantitative estimate of drug-likeness (QED) is 0.161. The molecule has 0 amide bonds. The standard InChI is InChI=1S/C36H23Br2P.2CH3.Zr/c37-33-16-18-35(31-22-26(20-29(31)33)24-10-4-1-5-11-24)39(28-14-8-3-9-15-28)36-19-17-34(38)30-21-27(23-32(30)36)25-12-6-2-7-13-25;;;/h1-23H;2*1H3;. The normalized spacial score (nSPS) is 21.1. The first kappa shape index (κ1) is 27.4. The summed E-state index contributed by atoms with van der Waals surface area (Å²) in [6, 6.07) is 43.1. The summed E-state index contributed by atoms with van der Waals surface area (Å²) in [5.74, 6) is 0. The van der Waals surface area contributed by atoms with Gasteiger partial charge in [-0.15, -0.1) is 0 Å². The molecule has 0 fully saturated rings. The molecule has 5 aromatic rings. The van der Waals surface area contributed by atoms with E-state index in [2.05, 4.69) is 169 Å². The fraction of sp³-hybridized carbons (Fsp3) is 0.105. The van der Waals surface area contributed by atoms with Crippen LogP contribution in [0.4, 0.5) is 0 Å². The van der Waals surface area contributed by atoms with E-state index in [9.17, 15) is 0 Å². The Balaban J connectivity index is 1.53. The predicted molar refractivity (Wildman–Crippen MR) is 186 cm³/mol. The van der Waals surface area contributed by atoms with Crippen molar-refractivity contribution in [2.45, 2.75) is 16.5 Å². The van der Waals surface area contributed by atoms with E-state index < -0.39 is 28.2 Å². The van der Waals surface area contributed by atoms with Crippen LogP contribution >= 0.6 is 39.8 Å². The van der Waals surface area contributed by atoms with E-state index >= 15 is 0 Å². The van der Waals surface area contributed by atoms with Crippen molar-refractivity contribution in [2.75, 3.05) is 0 Å². The van der Waals surface area contributed by atoms with Crippen molar-refractivity contribution < 1.29 is 20.3 Å². The number of benzene rings is 5. The molecule has 5 aromatic carbocycles. The second kappa shape index (κ2) is 10.5. The van der Waals surface area contributed by atoms with Crippen LogP contribution in [-0.4, -0.2) is 0 Å². The molecule has 2 aliphatic carbocycles. The zero-order valence-electron chi connectivity index (χ0n) is 23.5. The van der Waals surface area contributed by atoms with Gasteiger partial charge >= 0.3 is 273 Å². The van der Waals surface area contributed by atoms with Crippen LogP contribution in [0.2, 0.25) is 9.26 Å². The van der Waals surface area contributed by atoms with Crippen LogP contribution in [0.25, 0.3) is 23.3 Å². The molecule has 1 aliphatic heterocycles. The molecule has 0 radical (unpaired) electrons. The Morgan fingerprint density at radius 2 is 0.929 bits per heavy atom. The van der Waals surface area contributed by atoms with Gasteiger partial charge in [0.05, 0.1) is 0 Å². The van der Waals surface area contributed by atoms with Gasteiger partial charge in [-0.3, -0.25) is 0 Å². The van der Waals surface area contributed by atoms with Crippen molar-refractivity contribution in [3.8, 4) is 0 Å². The topological polar surface area (TPSA) is 0 Å². The molecule has 2 atom stereocenters. The van der Waals surface area contributed by atoms with E-state index in [1.54, 1.807) is 0 Å². The van der Waals surface area contributed by atoms with Gasteiger partial charge in [0.15, 0.2) is 0 Å². The summed E-state index contributed by atoms with van der Waals surface area (Å²) in [6.45, 7) is 0. The Morgan fingerprint density at radius 1 is 0.524 bits per heavy atom. The third kappa shape index (κ3) is 4.11. The van der Waals surface area contributed by atoms with Gasteiger partial charge in [0.1, 0.15) is 0 Å². The van der Waals surface area contributed by atoms with E-state index in [1.165, 1.54) is 69.4 Å². The molecule has 1 heterocycles. The second-order valence-corrected chi connectivity index (χ2v) is 27.7. The van der Waals surface area contributed by atoms with E-state index in [1.807, 2.05) is 0 Å². The van der Waals surface area contributed by atoms with Gasteiger partial charge < -0.3 is 0 Å². The van der Waals surface area contributed by atoms with Gasteiger partial charge in [-0.25, -0.2) is 0 Å². The van der Waals surface area contributed by atoms with Crippen LogP contribution in [-0.2, 0) is 20.3 Å². The van der Waals surface area contributed by atoms with Gasteiger partial charge in [-0.05, 0) is 0 Å². The zero-order valence-corrected chi connectivity index (χ0v) is 30.0. The van der Waals surface area contributed by atoms with Gasteiger partial charge in [0.25, 0.3) is 0 Å². The van der Waals surface area contributed by atoms with Gasteiger partial charge in [-0.2, -0.15) is 0 Å². The third-order valence-corrected chi connectivity index (χ3v) is 23.6. The fourth-order valence-electron chi connectivity index (χ4n) is 7.72. The first-order valence-corrected chi connectivity index (χ1v) is 25.2. The van der Waals surface area contributed by atoms with Crippen molar-refractivity contribution in [1.29, 1.82) is 0 Å². The summed E-state index contributed by atoms with van der Waals surface area (Å²) in [7, 11) is -0.789. The average molecular weight is 768 g/mol. The molecule has 42 heavy (non-hydrogen) atoms. The molecular weight excluding hydrogens is 738 g/mol. The van der Waals surface area contributed by atoms with Crippen molar-refractivity contribution in [2.24, 2.45) is 0 Å². The Bertz CT molecular complexity index is 1810. The molecule has 0 N–H and O–H groups in total. The Hall–Kier alpha value is -2.15. The molecule has 0 nitrogen and oxygen atoms in total. The Morgan fingerprint density at radius 3 is 1.36 bits per heavy atom. The van der Waals surface area contributed by atoms with E-state index in [0.717, 1.165) is 0 Å². The summed E-state index contributed by atoms with van der Waals surface area (Å²) < 4.78 is 8.76. The number of hydrogen-bond donors (Lipinski definition) is 0. The zero-order chi connectivity index (χ0) is 28.6. The second-order valence-electron chi connectivity index (χ2n) is 12.1. The number of hydrogen-bond acceptors (Lipinski definition) is 0. The van der Waals surface area contributed by atoms with E-state index in [-0.39, 0.29) is 0 Å². The van der Waals surface area contributed by atoms with Crippen LogP contribution in [0.3, 0.4) is 0 Å². The molecule has 0 aromatic heterocycles. The average Bonchev–Trinajstić information content (AvgIpc) is 3.63. The minimum atomic E-state index is -3.22. The van der Waals surface area contributed by atoms with Crippen molar-refractivity contribution in [1.82, 2.24) is 0 Å². The van der Waals surface area contributed by atoms with Crippen LogP contribution in [0.1, 0.15) is 40.6 Å². The molecule has 0 spiro atoms. The molecule has 3 aliphatic rings. The van der Waals surface area contributed by atoms with Gasteiger partial charge in [-0.1, -0.05) is 0 Å². The first-order chi connectivity index (χ1) is 20.4. The molecule has 204 valence electrons. The molecule has 8 rings (SSSR count). The molecule has 4 heteroatoms. The summed E-state index contributed by atoms with van der Waals surface area (Å²) >= 11 is 5.02. The van der Waals surface area contributed by atoms with Crippen molar-refractivity contribution in [3.63, 3.8) is 0 Å². The maximum absolute atomic E-state index is 4.12. The summed E-state index contributed by atoms with van der Waals surface area (Å²) in [6.07, 6.45) is 5.17. The summed E-state index contributed by atoms with van der Waals surface area (Å²) in [5.41, 5.74) is 11.7. The predicted octanol–water partition coefficient (Wildman–Crippen LogP) is 10.4. The van der Waals surface area contributed by atoms with Crippen molar-refractivity contribution in [3.05, 3.63) is 158 Å². The number of halogens is 2. The van der Waals surface area contributed by atoms with Gasteiger partial charge in [0.2, 0.25) is 0 Å². The van der Waals surface area contributed by atoms with E-state index in [0.29, 0.717) is 7.25 Å². The van der Waals surface area contributed by atoms with Crippen LogP contribution in [0, 0.1) is 0 Å². The first-order valence-electron chi connectivity index (χ1n) is 14.5. The summed E-state index contributed by atoms with van der Waals surface area (Å²) in [5, 5.41) is 4.34.